The van der Waals surface area contributed by atoms with Crippen molar-refractivity contribution in [1.29, 1.82) is 0 Å². The number of ether oxygens (including phenoxy) is 1. The average molecular weight is 391 g/mol. The molecule has 27 heavy (non-hydrogen) atoms. The zero-order chi connectivity index (χ0) is 18.6. The van der Waals surface area contributed by atoms with E-state index in [9.17, 15) is 4.79 Å². The number of morpholine rings is 1. The summed E-state index contributed by atoms with van der Waals surface area (Å²) in [5.74, 6) is 1.58. The van der Waals surface area contributed by atoms with Crippen molar-refractivity contribution in [2.75, 3.05) is 32.8 Å². The predicted octanol–water partition coefficient (Wildman–Crippen LogP) is 2.46. The highest BCUT2D eigenvalue weighted by Gasteiger charge is 2.30. The summed E-state index contributed by atoms with van der Waals surface area (Å²) in [6.45, 7) is 5.10. The molecule has 0 aliphatic carbocycles. The molecule has 0 N–H and O–H groups in total. The summed E-state index contributed by atoms with van der Waals surface area (Å²) in [5, 5.41) is 4.83. The predicted molar refractivity (Wildman–Crippen MR) is 99.2 cm³/mol. The van der Waals surface area contributed by atoms with Gasteiger partial charge in [-0.15, -0.1) is 0 Å². The lowest BCUT2D eigenvalue weighted by molar-refractivity contribution is -0.134. The minimum atomic E-state index is 0.0842. The van der Waals surface area contributed by atoms with Crippen LogP contribution in [0.5, 0.6) is 0 Å². The van der Waals surface area contributed by atoms with Gasteiger partial charge >= 0.3 is 0 Å². The molecular formula is C19H23ClN4O3. The molecule has 1 aromatic carbocycles. The number of hydrogen-bond donors (Lipinski definition) is 0. The number of rotatable bonds is 5. The number of carbonyl (C=O) groups excluding carboxylic acids is 1. The molecule has 2 aromatic rings. The quantitative estimate of drug-likeness (QED) is 0.781. The lowest BCUT2D eigenvalue weighted by atomic mass is 9.97. The van der Waals surface area contributed by atoms with Gasteiger partial charge in [-0.05, 0) is 24.1 Å². The number of piperidine rings is 1. The van der Waals surface area contributed by atoms with E-state index >= 15 is 0 Å². The number of aromatic nitrogens is 2. The highest BCUT2D eigenvalue weighted by atomic mass is 35.5. The van der Waals surface area contributed by atoms with E-state index in [0.29, 0.717) is 42.8 Å². The fourth-order valence-corrected chi connectivity index (χ4v) is 3.66. The molecule has 7 nitrogen and oxygen atoms in total. The van der Waals surface area contributed by atoms with Crippen molar-refractivity contribution in [1.82, 2.24) is 19.9 Å². The topological polar surface area (TPSA) is 71.7 Å². The third-order valence-electron chi connectivity index (χ3n) is 5.09. The highest BCUT2D eigenvalue weighted by molar-refractivity contribution is 6.30. The van der Waals surface area contributed by atoms with Gasteiger partial charge in [0, 0.05) is 37.6 Å². The van der Waals surface area contributed by atoms with Gasteiger partial charge in [0.05, 0.1) is 25.7 Å². The standard InChI is InChI=1S/C19H23ClN4O3/c20-16-4-1-14(2-5-16)11-24-12-15(3-6-18(24)25)19-21-17(22-27-19)13-23-7-9-26-10-8-23/h1-2,4-5,15H,3,6-13H2/t15-/m0/s1. The van der Waals surface area contributed by atoms with Gasteiger partial charge in [0.2, 0.25) is 11.8 Å². The van der Waals surface area contributed by atoms with Crippen LogP contribution >= 0.6 is 11.6 Å². The molecule has 0 spiro atoms. The molecule has 2 aliphatic rings. The van der Waals surface area contributed by atoms with Gasteiger partial charge in [0.25, 0.3) is 0 Å². The van der Waals surface area contributed by atoms with Crippen molar-refractivity contribution in [2.45, 2.75) is 31.8 Å². The smallest absolute Gasteiger partial charge is 0.231 e. The van der Waals surface area contributed by atoms with Crippen LogP contribution in [0.4, 0.5) is 0 Å². The summed E-state index contributed by atoms with van der Waals surface area (Å²) in [7, 11) is 0. The molecule has 2 fully saturated rings. The van der Waals surface area contributed by atoms with E-state index in [1.165, 1.54) is 0 Å². The van der Waals surface area contributed by atoms with Crippen molar-refractivity contribution in [3.05, 3.63) is 46.6 Å². The number of likely N-dealkylation sites (tertiary alicyclic amines) is 1. The van der Waals surface area contributed by atoms with Crippen LogP contribution in [0.2, 0.25) is 5.02 Å². The Balaban J connectivity index is 1.38. The maximum atomic E-state index is 12.3. The van der Waals surface area contributed by atoms with E-state index in [0.717, 1.165) is 38.3 Å². The van der Waals surface area contributed by atoms with Crippen LogP contribution in [-0.2, 0) is 22.6 Å². The van der Waals surface area contributed by atoms with Crippen LogP contribution in [0, 0.1) is 0 Å². The Morgan fingerprint density at radius 1 is 1.15 bits per heavy atom. The van der Waals surface area contributed by atoms with Gasteiger partial charge in [-0.1, -0.05) is 28.9 Å². The second kappa shape index (κ2) is 8.37. The Kier molecular flexibility index (Phi) is 5.71. The van der Waals surface area contributed by atoms with E-state index in [-0.39, 0.29) is 11.8 Å². The summed E-state index contributed by atoms with van der Waals surface area (Å²) in [4.78, 5) is 21.0. The van der Waals surface area contributed by atoms with Crippen LogP contribution < -0.4 is 0 Å². The first-order chi connectivity index (χ1) is 13.2. The molecule has 1 aromatic heterocycles. The number of carbonyl (C=O) groups is 1. The van der Waals surface area contributed by atoms with E-state index in [2.05, 4.69) is 15.0 Å². The monoisotopic (exact) mass is 390 g/mol. The van der Waals surface area contributed by atoms with E-state index in [1.54, 1.807) is 0 Å². The maximum absolute atomic E-state index is 12.3. The second-order valence-corrected chi connectivity index (χ2v) is 7.51. The molecule has 2 saturated heterocycles. The van der Waals surface area contributed by atoms with Crippen LogP contribution in [0.3, 0.4) is 0 Å². The number of nitrogens with zero attached hydrogens (tertiary/aromatic N) is 4. The van der Waals surface area contributed by atoms with Crippen LogP contribution in [-0.4, -0.2) is 58.7 Å². The van der Waals surface area contributed by atoms with Crippen molar-refractivity contribution >= 4 is 17.5 Å². The summed E-state index contributed by atoms with van der Waals surface area (Å²) in [6, 6.07) is 7.59. The van der Waals surface area contributed by atoms with Crippen LogP contribution in [0.1, 0.15) is 36.0 Å². The fourth-order valence-electron chi connectivity index (χ4n) is 3.54. The number of hydrogen-bond acceptors (Lipinski definition) is 6. The van der Waals surface area contributed by atoms with Crippen molar-refractivity contribution < 1.29 is 14.1 Å². The van der Waals surface area contributed by atoms with E-state index in [1.807, 2.05) is 29.2 Å². The first-order valence-electron chi connectivity index (χ1n) is 9.32. The Morgan fingerprint density at radius 3 is 2.70 bits per heavy atom. The molecule has 144 valence electrons. The lowest BCUT2D eigenvalue weighted by Gasteiger charge is -2.31. The zero-order valence-electron chi connectivity index (χ0n) is 15.1. The third kappa shape index (κ3) is 4.66. The Hall–Kier alpha value is -1.96. The molecule has 0 unspecified atom stereocenters. The van der Waals surface area contributed by atoms with Crippen LogP contribution in [0.15, 0.2) is 28.8 Å². The minimum Gasteiger partial charge on any atom is -0.379 e. The van der Waals surface area contributed by atoms with Crippen molar-refractivity contribution in [2.24, 2.45) is 0 Å². The molecule has 3 heterocycles. The van der Waals surface area contributed by atoms with Gasteiger partial charge in [0.15, 0.2) is 5.82 Å². The van der Waals surface area contributed by atoms with Crippen molar-refractivity contribution in [3.8, 4) is 0 Å². The molecule has 0 saturated carbocycles. The molecule has 8 heteroatoms. The summed E-state index contributed by atoms with van der Waals surface area (Å²) < 4.78 is 10.9. The van der Waals surface area contributed by atoms with Crippen LogP contribution in [0.25, 0.3) is 0 Å². The molecule has 0 radical (unpaired) electrons. The van der Waals surface area contributed by atoms with E-state index < -0.39 is 0 Å². The Morgan fingerprint density at radius 2 is 1.93 bits per heavy atom. The fraction of sp³-hybridized carbons (Fsp3) is 0.526. The first-order valence-corrected chi connectivity index (χ1v) is 9.70. The van der Waals surface area contributed by atoms with Gasteiger partial charge in [-0.3, -0.25) is 9.69 Å². The van der Waals surface area contributed by atoms with Gasteiger partial charge in [-0.2, -0.15) is 4.98 Å². The molecule has 2 aliphatic heterocycles. The van der Waals surface area contributed by atoms with Crippen molar-refractivity contribution in [3.63, 3.8) is 0 Å². The molecule has 1 atom stereocenters. The average Bonchev–Trinajstić information content (AvgIpc) is 3.14. The first kappa shape index (κ1) is 18.4. The zero-order valence-corrected chi connectivity index (χ0v) is 15.9. The minimum absolute atomic E-state index is 0.0842. The van der Waals surface area contributed by atoms with Gasteiger partial charge < -0.3 is 14.2 Å². The summed E-state index contributed by atoms with van der Waals surface area (Å²) in [6.07, 6.45) is 1.24. The SMILES string of the molecule is O=C1CC[C@H](c2nc(CN3CCOCC3)no2)CN1Cc1ccc(Cl)cc1. The highest BCUT2D eigenvalue weighted by Crippen LogP contribution is 2.28. The van der Waals surface area contributed by atoms with Gasteiger partial charge in [0.1, 0.15) is 0 Å². The largest absolute Gasteiger partial charge is 0.379 e. The molecular weight excluding hydrogens is 368 g/mol. The summed E-state index contributed by atoms with van der Waals surface area (Å²) in [5.41, 5.74) is 1.06. The van der Waals surface area contributed by atoms with Gasteiger partial charge in [-0.25, -0.2) is 0 Å². The number of halogens is 1. The third-order valence-corrected chi connectivity index (χ3v) is 5.34. The second-order valence-electron chi connectivity index (χ2n) is 7.07. The number of amides is 1. The maximum Gasteiger partial charge on any atom is 0.231 e. The lowest BCUT2D eigenvalue weighted by Crippen LogP contribution is -2.38. The summed E-state index contributed by atoms with van der Waals surface area (Å²) >= 11 is 5.94. The number of benzene rings is 1. The molecule has 1 amide bonds. The molecule has 4 rings (SSSR count). The Bertz CT molecular complexity index is 774. The Labute approximate surface area is 163 Å². The molecule has 0 bridgehead atoms. The van der Waals surface area contributed by atoms with E-state index in [4.69, 9.17) is 20.9 Å². The normalized spacial score (nSPS) is 21.6.